The fourth-order valence-corrected chi connectivity index (χ4v) is 3.22. The number of benzene rings is 1. The molecule has 2 aromatic rings. The molecule has 1 saturated heterocycles. The highest BCUT2D eigenvalue weighted by atomic mass is 35.5. The molecule has 0 N–H and O–H groups in total. The maximum absolute atomic E-state index is 12.6. The van der Waals surface area contributed by atoms with Crippen molar-refractivity contribution in [3.05, 3.63) is 47.2 Å². The number of halogens is 1. The molecule has 25 heavy (non-hydrogen) atoms. The van der Waals surface area contributed by atoms with E-state index < -0.39 is 0 Å². The minimum Gasteiger partial charge on any atom is -0.466 e. The molecule has 0 saturated carbocycles. The van der Waals surface area contributed by atoms with Gasteiger partial charge in [0, 0.05) is 18.7 Å². The van der Waals surface area contributed by atoms with Crippen LogP contribution in [0.1, 0.15) is 30.3 Å². The van der Waals surface area contributed by atoms with E-state index in [1.54, 1.807) is 30.0 Å². The maximum atomic E-state index is 12.6. The van der Waals surface area contributed by atoms with Crippen molar-refractivity contribution >= 4 is 23.5 Å². The molecule has 0 bridgehead atoms. The molecule has 1 amide bonds. The lowest BCUT2D eigenvalue weighted by Gasteiger charge is -2.30. The highest BCUT2D eigenvalue weighted by Gasteiger charge is 2.29. The molecule has 2 heterocycles. The zero-order valence-electron chi connectivity index (χ0n) is 14.0. The van der Waals surface area contributed by atoms with Crippen LogP contribution in [0.25, 0.3) is 11.3 Å². The first kappa shape index (κ1) is 17.5. The minimum atomic E-state index is -0.173. The van der Waals surface area contributed by atoms with Crippen molar-refractivity contribution in [2.45, 2.75) is 19.8 Å². The summed E-state index contributed by atoms with van der Waals surface area (Å²) >= 11 is 6.17. The summed E-state index contributed by atoms with van der Waals surface area (Å²) in [5.41, 5.74) is 0.754. The third-order valence-electron chi connectivity index (χ3n) is 4.36. The number of hydrogen-bond acceptors (Lipinski definition) is 4. The number of nitrogens with zero attached hydrogens (tertiary/aromatic N) is 1. The summed E-state index contributed by atoms with van der Waals surface area (Å²) < 4.78 is 10.8. The molecule has 0 aliphatic carbocycles. The maximum Gasteiger partial charge on any atom is 0.309 e. The van der Waals surface area contributed by atoms with Crippen molar-refractivity contribution in [2.75, 3.05) is 19.7 Å². The van der Waals surface area contributed by atoms with Gasteiger partial charge in [0.1, 0.15) is 5.76 Å². The average Bonchev–Trinajstić information content (AvgIpc) is 3.11. The quantitative estimate of drug-likeness (QED) is 0.772. The van der Waals surface area contributed by atoms with E-state index in [4.69, 9.17) is 20.8 Å². The number of furan rings is 1. The minimum absolute atomic E-state index is 0.126. The average molecular weight is 362 g/mol. The van der Waals surface area contributed by atoms with Crippen molar-refractivity contribution in [2.24, 2.45) is 5.92 Å². The van der Waals surface area contributed by atoms with Gasteiger partial charge in [-0.15, -0.1) is 0 Å². The molecule has 1 aliphatic heterocycles. The standard InChI is InChI=1S/C19H20ClNO4/c1-2-24-19(23)13-9-11-21(12-10-13)18(22)17-8-7-16(25-17)14-5-3-4-6-15(14)20/h3-8,13H,2,9-12H2,1H3. The van der Waals surface area contributed by atoms with Crippen molar-refractivity contribution in [1.82, 2.24) is 4.90 Å². The molecule has 0 unspecified atom stereocenters. The molecule has 3 rings (SSSR count). The number of rotatable bonds is 4. The first-order valence-electron chi connectivity index (χ1n) is 8.40. The van der Waals surface area contributed by atoms with Crippen LogP contribution in [0.3, 0.4) is 0 Å². The number of hydrogen-bond donors (Lipinski definition) is 0. The van der Waals surface area contributed by atoms with E-state index in [2.05, 4.69) is 0 Å². The van der Waals surface area contributed by atoms with Crippen LogP contribution in [0, 0.1) is 5.92 Å². The van der Waals surface area contributed by atoms with Gasteiger partial charge in [0.25, 0.3) is 5.91 Å². The second-order valence-electron chi connectivity index (χ2n) is 5.96. The zero-order valence-corrected chi connectivity index (χ0v) is 14.8. The number of carbonyl (C=O) groups excluding carboxylic acids is 2. The summed E-state index contributed by atoms with van der Waals surface area (Å²) in [6.45, 7) is 3.22. The third-order valence-corrected chi connectivity index (χ3v) is 4.69. The van der Waals surface area contributed by atoms with E-state index in [0.29, 0.717) is 43.3 Å². The Kier molecular flexibility index (Phi) is 5.43. The van der Waals surface area contributed by atoms with E-state index in [1.165, 1.54) is 0 Å². The normalized spacial score (nSPS) is 15.2. The van der Waals surface area contributed by atoms with Crippen LogP contribution in [0.4, 0.5) is 0 Å². The number of carbonyl (C=O) groups is 2. The summed E-state index contributed by atoms with van der Waals surface area (Å²) in [6, 6.07) is 10.7. The lowest BCUT2D eigenvalue weighted by atomic mass is 9.97. The predicted octanol–water partition coefficient (Wildman–Crippen LogP) is 4.02. The Morgan fingerprint density at radius 3 is 2.60 bits per heavy atom. The van der Waals surface area contributed by atoms with E-state index in [9.17, 15) is 9.59 Å². The van der Waals surface area contributed by atoms with E-state index in [1.807, 2.05) is 18.2 Å². The van der Waals surface area contributed by atoms with Crippen LogP contribution < -0.4 is 0 Å². The lowest BCUT2D eigenvalue weighted by molar-refractivity contribution is -0.149. The third kappa shape index (κ3) is 3.87. The number of piperidine rings is 1. The molecule has 0 atom stereocenters. The number of ether oxygens (including phenoxy) is 1. The smallest absolute Gasteiger partial charge is 0.309 e. The number of amides is 1. The molecular weight excluding hydrogens is 342 g/mol. The van der Waals surface area contributed by atoms with Crippen molar-refractivity contribution < 1.29 is 18.7 Å². The Balaban J connectivity index is 1.65. The number of likely N-dealkylation sites (tertiary alicyclic amines) is 1. The van der Waals surface area contributed by atoms with Crippen molar-refractivity contribution in [3.63, 3.8) is 0 Å². The van der Waals surface area contributed by atoms with Gasteiger partial charge in [0.15, 0.2) is 5.76 Å². The van der Waals surface area contributed by atoms with Crippen LogP contribution >= 0.6 is 11.6 Å². The van der Waals surface area contributed by atoms with Crippen LogP contribution in [0.5, 0.6) is 0 Å². The first-order valence-corrected chi connectivity index (χ1v) is 8.78. The van der Waals surface area contributed by atoms with E-state index >= 15 is 0 Å². The zero-order chi connectivity index (χ0) is 17.8. The summed E-state index contributed by atoms with van der Waals surface area (Å²) in [6.07, 6.45) is 1.23. The van der Waals surface area contributed by atoms with E-state index in [-0.39, 0.29) is 23.6 Å². The van der Waals surface area contributed by atoms with Crippen LogP contribution in [-0.2, 0) is 9.53 Å². The van der Waals surface area contributed by atoms with E-state index in [0.717, 1.165) is 5.56 Å². The molecule has 1 aromatic carbocycles. The topological polar surface area (TPSA) is 59.8 Å². The Bertz CT molecular complexity index is 762. The monoisotopic (exact) mass is 361 g/mol. The fourth-order valence-electron chi connectivity index (χ4n) is 2.99. The molecular formula is C19H20ClNO4. The van der Waals surface area contributed by atoms with Gasteiger partial charge in [-0.2, -0.15) is 0 Å². The molecule has 1 fully saturated rings. The largest absolute Gasteiger partial charge is 0.466 e. The lowest BCUT2D eigenvalue weighted by Crippen LogP contribution is -2.40. The SMILES string of the molecule is CCOC(=O)C1CCN(C(=O)c2ccc(-c3ccccc3Cl)o2)CC1. The summed E-state index contributed by atoms with van der Waals surface area (Å²) in [4.78, 5) is 26.1. The molecule has 6 heteroatoms. The van der Waals surface area contributed by atoms with Crippen molar-refractivity contribution in [3.8, 4) is 11.3 Å². The first-order chi connectivity index (χ1) is 12.1. The Morgan fingerprint density at radius 1 is 1.20 bits per heavy atom. The second-order valence-corrected chi connectivity index (χ2v) is 6.37. The molecule has 0 spiro atoms. The highest BCUT2D eigenvalue weighted by Crippen LogP contribution is 2.30. The fraction of sp³-hybridized carbons (Fsp3) is 0.368. The molecule has 132 valence electrons. The van der Waals surface area contributed by atoms with Gasteiger partial charge in [0.05, 0.1) is 17.5 Å². The van der Waals surface area contributed by atoms with Gasteiger partial charge in [-0.05, 0) is 44.0 Å². The van der Waals surface area contributed by atoms with Gasteiger partial charge >= 0.3 is 5.97 Å². The summed E-state index contributed by atoms with van der Waals surface area (Å²) in [5.74, 6) is 0.383. The van der Waals surface area contributed by atoms with Gasteiger partial charge in [-0.25, -0.2) is 0 Å². The number of esters is 1. The van der Waals surface area contributed by atoms with Gasteiger partial charge < -0.3 is 14.1 Å². The van der Waals surface area contributed by atoms with Gasteiger partial charge in [0.2, 0.25) is 0 Å². The van der Waals surface area contributed by atoms with Crippen LogP contribution in [-0.4, -0.2) is 36.5 Å². The Labute approximate surface area is 151 Å². The molecule has 1 aromatic heterocycles. The summed E-state index contributed by atoms with van der Waals surface area (Å²) in [5, 5.41) is 0.575. The Morgan fingerprint density at radius 2 is 1.92 bits per heavy atom. The van der Waals surface area contributed by atoms with Crippen molar-refractivity contribution in [1.29, 1.82) is 0 Å². The Hall–Kier alpha value is -2.27. The summed E-state index contributed by atoms with van der Waals surface area (Å²) in [7, 11) is 0. The molecule has 1 aliphatic rings. The van der Waals surface area contributed by atoms with Gasteiger partial charge in [-0.1, -0.05) is 23.7 Å². The van der Waals surface area contributed by atoms with Crippen LogP contribution in [0.15, 0.2) is 40.8 Å². The second kappa shape index (κ2) is 7.74. The van der Waals surface area contributed by atoms with Gasteiger partial charge in [-0.3, -0.25) is 9.59 Å². The molecule has 5 nitrogen and oxygen atoms in total. The van der Waals surface area contributed by atoms with Crippen LogP contribution in [0.2, 0.25) is 5.02 Å². The highest BCUT2D eigenvalue weighted by molar-refractivity contribution is 6.33. The predicted molar refractivity (Wildman–Crippen MR) is 94.4 cm³/mol. The molecule has 0 radical (unpaired) electrons.